The number of nitrogens with one attached hydrogen (secondary N) is 1. The van der Waals surface area contributed by atoms with E-state index in [1.54, 1.807) is 12.4 Å². The molecule has 2 aromatic heterocycles. The first kappa shape index (κ1) is 13.3. The van der Waals surface area contributed by atoms with Crippen LogP contribution in [0.4, 0.5) is 0 Å². The molecule has 0 fully saturated rings. The first-order valence-corrected chi connectivity index (χ1v) is 7.26. The van der Waals surface area contributed by atoms with Crippen molar-refractivity contribution in [3.8, 4) is 34.2 Å². The van der Waals surface area contributed by atoms with Gasteiger partial charge in [-0.3, -0.25) is 5.10 Å². The van der Waals surface area contributed by atoms with E-state index in [0.717, 1.165) is 22.5 Å². The molecule has 23 heavy (non-hydrogen) atoms. The Bertz CT molecular complexity index is 899. The van der Waals surface area contributed by atoms with Gasteiger partial charge < -0.3 is 0 Å². The number of hydrogen-bond donors (Lipinski definition) is 1. The van der Waals surface area contributed by atoms with Crippen molar-refractivity contribution in [2.24, 2.45) is 0 Å². The first-order chi connectivity index (χ1) is 11.4. The van der Waals surface area contributed by atoms with Crippen LogP contribution in [0.1, 0.15) is 0 Å². The van der Waals surface area contributed by atoms with E-state index in [1.807, 2.05) is 60.7 Å². The number of benzene rings is 2. The van der Waals surface area contributed by atoms with Crippen molar-refractivity contribution < 1.29 is 0 Å². The highest BCUT2D eigenvalue weighted by Gasteiger charge is 2.09. The minimum absolute atomic E-state index is 0.587. The van der Waals surface area contributed by atoms with Crippen LogP contribution in [0.5, 0.6) is 0 Å². The second-order valence-corrected chi connectivity index (χ2v) is 5.04. The Morgan fingerprint density at radius 2 is 1.22 bits per heavy atom. The van der Waals surface area contributed by atoms with Gasteiger partial charge in [0.05, 0.1) is 5.56 Å². The standard InChI is InChI=1S/C18H13N5/c1-3-7-13(8-4-1)16-19-11-15(12-20-16)18-21-17(22-23-18)14-9-5-2-6-10-14/h1-12H,(H,21,22,23). The molecule has 0 radical (unpaired) electrons. The smallest absolute Gasteiger partial charge is 0.184 e. The second-order valence-electron chi connectivity index (χ2n) is 5.04. The molecular weight excluding hydrogens is 286 g/mol. The molecule has 0 aliphatic heterocycles. The second kappa shape index (κ2) is 5.81. The summed E-state index contributed by atoms with van der Waals surface area (Å²) in [6.07, 6.45) is 3.49. The summed E-state index contributed by atoms with van der Waals surface area (Å²) in [5.41, 5.74) is 2.76. The lowest BCUT2D eigenvalue weighted by atomic mass is 10.2. The molecule has 0 aliphatic carbocycles. The number of nitrogens with zero attached hydrogens (tertiary/aromatic N) is 4. The van der Waals surface area contributed by atoms with Gasteiger partial charge in [-0.2, -0.15) is 5.10 Å². The van der Waals surface area contributed by atoms with Crippen LogP contribution in [-0.4, -0.2) is 25.1 Å². The molecule has 0 unspecified atom stereocenters. The summed E-state index contributed by atoms with van der Waals surface area (Å²) in [4.78, 5) is 13.3. The minimum atomic E-state index is 0.587. The van der Waals surface area contributed by atoms with Crippen molar-refractivity contribution in [3.05, 3.63) is 73.1 Å². The third-order valence-corrected chi connectivity index (χ3v) is 3.47. The molecule has 2 aromatic carbocycles. The van der Waals surface area contributed by atoms with Crippen molar-refractivity contribution >= 4 is 0 Å². The van der Waals surface area contributed by atoms with Crippen LogP contribution < -0.4 is 0 Å². The minimum Gasteiger partial charge on any atom is -0.259 e. The molecule has 2 heterocycles. The van der Waals surface area contributed by atoms with E-state index < -0.39 is 0 Å². The quantitative estimate of drug-likeness (QED) is 0.627. The average Bonchev–Trinajstić information content (AvgIpc) is 3.14. The van der Waals surface area contributed by atoms with Crippen molar-refractivity contribution in [2.75, 3.05) is 0 Å². The van der Waals surface area contributed by atoms with Gasteiger partial charge in [-0.1, -0.05) is 60.7 Å². The number of hydrogen-bond acceptors (Lipinski definition) is 4. The number of aromatic nitrogens is 5. The highest BCUT2D eigenvalue weighted by atomic mass is 15.2. The molecule has 0 amide bonds. The normalized spacial score (nSPS) is 10.6. The maximum atomic E-state index is 4.51. The highest BCUT2D eigenvalue weighted by molar-refractivity contribution is 5.61. The molecule has 1 N–H and O–H groups in total. The Kier molecular flexibility index (Phi) is 3.37. The van der Waals surface area contributed by atoms with Gasteiger partial charge in [-0.15, -0.1) is 0 Å². The third-order valence-electron chi connectivity index (χ3n) is 3.47. The van der Waals surface area contributed by atoms with Gasteiger partial charge in [0.2, 0.25) is 0 Å². The Morgan fingerprint density at radius 3 is 1.87 bits per heavy atom. The zero-order valence-corrected chi connectivity index (χ0v) is 12.2. The van der Waals surface area contributed by atoms with Gasteiger partial charge >= 0.3 is 0 Å². The largest absolute Gasteiger partial charge is 0.259 e. The summed E-state index contributed by atoms with van der Waals surface area (Å²) in [6.45, 7) is 0. The lowest BCUT2D eigenvalue weighted by Gasteiger charge is -2.00. The van der Waals surface area contributed by atoms with Gasteiger partial charge in [-0.25, -0.2) is 15.0 Å². The Labute approximate surface area is 133 Å². The monoisotopic (exact) mass is 299 g/mol. The van der Waals surface area contributed by atoms with E-state index in [1.165, 1.54) is 0 Å². The summed E-state index contributed by atoms with van der Waals surface area (Å²) < 4.78 is 0. The summed E-state index contributed by atoms with van der Waals surface area (Å²) >= 11 is 0. The first-order valence-electron chi connectivity index (χ1n) is 7.26. The van der Waals surface area contributed by atoms with Gasteiger partial charge in [0, 0.05) is 23.5 Å². The molecule has 0 saturated carbocycles. The predicted octanol–water partition coefficient (Wildman–Crippen LogP) is 3.60. The Morgan fingerprint density at radius 1 is 0.609 bits per heavy atom. The summed E-state index contributed by atoms with van der Waals surface area (Å²) in [6, 6.07) is 19.7. The molecule has 0 bridgehead atoms. The molecule has 4 rings (SSSR count). The van der Waals surface area contributed by atoms with Crippen LogP contribution in [0.15, 0.2) is 73.1 Å². The van der Waals surface area contributed by atoms with Crippen LogP contribution >= 0.6 is 0 Å². The van der Waals surface area contributed by atoms with Gasteiger partial charge in [-0.05, 0) is 0 Å². The lowest BCUT2D eigenvalue weighted by Crippen LogP contribution is -1.90. The van der Waals surface area contributed by atoms with Gasteiger partial charge in [0.15, 0.2) is 17.5 Å². The van der Waals surface area contributed by atoms with Crippen LogP contribution in [0.3, 0.4) is 0 Å². The average molecular weight is 299 g/mol. The van der Waals surface area contributed by atoms with Crippen molar-refractivity contribution in [1.29, 1.82) is 0 Å². The molecule has 0 saturated heterocycles. The van der Waals surface area contributed by atoms with Crippen molar-refractivity contribution in [2.45, 2.75) is 0 Å². The number of rotatable bonds is 3. The van der Waals surface area contributed by atoms with Gasteiger partial charge in [0.1, 0.15) is 0 Å². The van der Waals surface area contributed by atoms with Gasteiger partial charge in [0.25, 0.3) is 0 Å². The SMILES string of the molecule is c1ccc(-c2ncc(-c3n[nH]c(-c4ccccc4)n3)cn2)cc1. The molecule has 5 heteroatoms. The fourth-order valence-electron chi connectivity index (χ4n) is 2.30. The van der Waals surface area contributed by atoms with E-state index in [0.29, 0.717) is 11.6 Å². The van der Waals surface area contributed by atoms with Crippen molar-refractivity contribution in [1.82, 2.24) is 25.1 Å². The molecular formula is C18H13N5. The van der Waals surface area contributed by atoms with Crippen molar-refractivity contribution in [3.63, 3.8) is 0 Å². The van der Waals surface area contributed by atoms with Crippen LogP contribution in [-0.2, 0) is 0 Å². The zero-order chi connectivity index (χ0) is 15.5. The third kappa shape index (κ3) is 2.72. The Balaban J connectivity index is 1.63. The maximum Gasteiger partial charge on any atom is 0.184 e. The zero-order valence-electron chi connectivity index (χ0n) is 12.2. The van der Waals surface area contributed by atoms with E-state index in [9.17, 15) is 0 Å². The molecule has 0 atom stereocenters. The number of aromatic amines is 1. The summed E-state index contributed by atoms with van der Waals surface area (Å²) in [5.74, 6) is 2.00. The van der Waals surface area contributed by atoms with E-state index >= 15 is 0 Å². The highest BCUT2D eigenvalue weighted by Crippen LogP contribution is 2.20. The molecule has 4 aromatic rings. The fourth-order valence-corrected chi connectivity index (χ4v) is 2.30. The fraction of sp³-hybridized carbons (Fsp3) is 0. The molecule has 0 spiro atoms. The van der Waals surface area contributed by atoms with E-state index in [-0.39, 0.29) is 0 Å². The van der Waals surface area contributed by atoms with Crippen LogP contribution in [0.2, 0.25) is 0 Å². The van der Waals surface area contributed by atoms with E-state index in [4.69, 9.17) is 0 Å². The van der Waals surface area contributed by atoms with Crippen LogP contribution in [0.25, 0.3) is 34.2 Å². The number of H-pyrrole nitrogens is 1. The van der Waals surface area contributed by atoms with Crippen LogP contribution in [0, 0.1) is 0 Å². The topological polar surface area (TPSA) is 67.3 Å². The van der Waals surface area contributed by atoms with E-state index in [2.05, 4.69) is 25.1 Å². The molecule has 0 aliphatic rings. The summed E-state index contributed by atoms with van der Waals surface area (Å²) in [5, 5.41) is 7.20. The maximum absolute atomic E-state index is 4.51. The molecule has 5 nitrogen and oxygen atoms in total. The Hall–Kier alpha value is -3.34. The molecule has 110 valence electrons. The lowest BCUT2D eigenvalue weighted by molar-refractivity contribution is 1.09. The predicted molar refractivity (Wildman–Crippen MR) is 88.3 cm³/mol. The summed E-state index contributed by atoms with van der Waals surface area (Å²) in [7, 11) is 0.